The van der Waals surface area contributed by atoms with Crippen molar-refractivity contribution in [2.24, 2.45) is 0 Å². The summed E-state index contributed by atoms with van der Waals surface area (Å²) in [6.45, 7) is 0.664. The lowest BCUT2D eigenvalue weighted by atomic mass is 10.2. The molecule has 7 heteroatoms. The van der Waals surface area contributed by atoms with Crippen molar-refractivity contribution in [3.8, 4) is 23.2 Å². The number of H-pyrrole nitrogens is 1. The number of nitrogens with zero attached hydrogens (tertiary/aromatic N) is 3. The van der Waals surface area contributed by atoms with Gasteiger partial charge in [-0.2, -0.15) is 0 Å². The number of fused-ring (bicyclic) bond motifs is 1. The number of hydrogen-bond donors (Lipinski definition) is 2. The molecule has 0 unspecified atom stereocenters. The number of amides is 1. The van der Waals surface area contributed by atoms with Crippen LogP contribution in [0.15, 0.2) is 34.7 Å². The van der Waals surface area contributed by atoms with Crippen molar-refractivity contribution in [3.05, 3.63) is 41.7 Å². The second kappa shape index (κ2) is 5.10. The monoisotopic (exact) mass is 295 g/mol. The number of aromatic amines is 1. The molecule has 0 aliphatic carbocycles. The number of rotatable bonds is 2. The summed E-state index contributed by atoms with van der Waals surface area (Å²) < 4.78 is 5.65. The van der Waals surface area contributed by atoms with Crippen LogP contribution < -0.4 is 5.32 Å². The lowest BCUT2D eigenvalue weighted by Gasteiger charge is -1.95. The zero-order chi connectivity index (χ0) is 14.9. The minimum Gasteiger partial charge on any atom is -0.413 e. The Morgan fingerprint density at radius 3 is 2.77 bits per heavy atom. The number of benzene rings is 1. The zero-order valence-electron chi connectivity index (χ0n) is 11.7. The van der Waals surface area contributed by atoms with E-state index in [9.17, 15) is 4.79 Å². The molecule has 2 aromatic heterocycles. The van der Waals surface area contributed by atoms with Crippen molar-refractivity contribution in [1.82, 2.24) is 25.5 Å². The maximum atomic E-state index is 11.9. The molecule has 2 N–H and O–H groups in total. The largest absolute Gasteiger partial charge is 0.413 e. The Labute approximate surface area is 125 Å². The molecule has 3 aromatic rings. The van der Waals surface area contributed by atoms with Gasteiger partial charge in [0.05, 0.1) is 0 Å². The maximum absolute atomic E-state index is 11.9. The van der Waals surface area contributed by atoms with E-state index in [-0.39, 0.29) is 11.8 Å². The van der Waals surface area contributed by atoms with Gasteiger partial charge in [0.15, 0.2) is 5.82 Å². The van der Waals surface area contributed by atoms with Crippen LogP contribution in [-0.4, -0.2) is 32.6 Å². The van der Waals surface area contributed by atoms with Gasteiger partial charge in [-0.1, -0.05) is 18.2 Å². The van der Waals surface area contributed by atoms with Crippen LogP contribution in [0.1, 0.15) is 22.6 Å². The molecule has 0 fully saturated rings. The number of carbonyl (C=O) groups excluding carboxylic acids is 1. The van der Waals surface area contributed by atoms with Crippen LogP contribution in [0, 0.1) is 0 Å². The quantitative estimate of drug-likeness (QED) is 0.751. The number of imidazole rings is 1. The van der Waals surface area contributed by atoms with Crippen molar-refractivity contribution >= 4 is 5.91 Å². The average molecular weight is 295 g/mol. The summed E-state index contributed by atoms with van der Waals surface area (Å²) in [5.74, 6) is 0.959. The summed E-state index contributed by atoms with van der Waals surface area (Å²) in [4.78, 5) is 19.3. The summed E-state index contributed by atoms with van der Waals surface area (Å²) in [6.07, 6.45) is 1.64. The van der Waals surface area contributed by atoms with Gasteiger partial charge in [-0.3, -0.25) is 4.79 Å². The van der Waals surface area contributed by atoms with Gasteiger partial charge in [0, 0.05) is 17.8 Å². The fourth-order valence-corrected chi connectivity index (χ4v) is 2.45. The van der Waals surface area contributed by atoms with Crippen molar-refractivity contribution in [2.75, 3.05) is 6.54 Å². The van der Waals surface area contributed by atoms with Crippen molar-refractivity contribution < 1.29 is 9.21 Å². The van der Waals surface area contributed by atoms with E-state index < -0.39 is 0 Å². The number of nitrogens with one attached hydrogen (secondary N) is 2. The topological polar surface area (TPSA) is 96.7 Å². The number of hydrogen-bond acceptors (Lipinski definition) is 5. The van der Waals surface area contributed by atoms with Gasteiger partial charge in [0.2, 0.25) is 5.89 Å². The fraction of sp³-hybridized carbons (Fsp3) is 0.200. The zero-order valence-corrected chi connectivity index (χ0v) is 11.7. The van der Waals surface area contributed by atoms with E-state index >= 15 is 0 Å². The molecular weight excluding hydrogens is 282 g/mol. The SMILES string of the molecule is O=C1NCCCc2[nH]c(-c3nnc(-c4ccccc4)o3)nc21. The molecule has 0 saturated carbocycles. The average Bonchev–Trinajstić information content (AvgIpc) is 3.16. The van der Waals surface area contributed by atoms with E-state index in [1.54, 1.807) is 0 Å². The van der Waals surface area contributed by atoms with Crippen LogP contribution in [0.5, 0.6) is 0 Å². The minimum absolute atomic E-state index is 0.169. The Hall–Kier alpha value is -2.96. The van der Waals surface area contributed by atoms with Gasteiger partial charge in [-0.05, 0) is 25.0 Å². The first-order valence-electron chi connectivity index (χ1n) is 7.07. The lowest BCUT2D eigenvalue weighted by molar-refractivity contribution is 0.0951. The van der Waals surface area contributed by atoms with Crippen molar-refractivity contribution in [3.63, 3.8) is 0 Å². The molecule has 22 heavy (non-hydrogen) atoms. The van der Waals surface area contributed by atoms with E-state index in [2.05, 4.69) is 25.5 Å². The summed E-state index contributed by atoms with van der Waals surface area (Å²) >= 11 is 0. The third kappa shape index (κ3) is 2.16. The van der Waals surface area contributed by atoms with Crippen LogP contribution in [0.2, 0.25) is 0 Å². The van der Waals surface area contributed by atoms with Crippen LogP contribution >= 0.6 is 0 Å². The number of aryl methyl sites for hydroxylation is 1. The highest BCUT2D eigenvalue weighted by Crippen LogP contribution is 2.23. The minimum atomic E-state index is -0.169. The first kappa shape index (κ1) is 12.8. The molecule has 7 nitrogen and oxygen atoms in total. The van der Waals surface area contributed by atoms with Crippen LogP contribution in [0.25, 0.3) is 23.2 Å². The Bertz CT molecular complexity index is 822. The second-order valence-electron chi connectivity index (χ2n) is 5.05. The Morgan fingerprint density at radius 1 is 1.09 bits per heavy atom. The summed E-state index contributed by atoms with van der Waals surface area (Å²) in [6, 6.07) is 9.50. The van der Waals surface area contributed by atoms with Crippen LogP contribution in [0.4, 0.5) is 0 Å². The van der Waals surface area contributed by atoms with Crippen molar-refractivity contribution in [2.45, 2.75) is 12.8 Å². The highest BCUT2D eigenvalue weighted by Gasteiger charge is 2.22. The third-order valence-corrected chi connectivity index (χ3v) is 3.53. The molecule has 1 amide bonds. The molecule has 0 spiro atoms. The molecule has 1 aromatic carbocycles. The number of aromatic nitrogens is 4. The van der Waals surface area contributed by atoms with Crippen LogP contribution in [0.3, 0.4) is 0 Å². The molecule has 0 bridgehead atoms. The van der Waals surface area contributed by atoms with E-state index in [1.165, 1.54) is 0 Å². The predicted molar refractivity (Wildman–Crippen MR) is 78.0 cm³/mol. The first-order chi connectivity index (χ1) is 10.8. The fourth-order valence-electron chi connectivity index (χ4n) is 2.45. The second-order valence-corrected chi connectivity index (χ2v) is 5.05. The van der Waals surface area contributed by atoms with Gasteiger partial charge in [0.25, 0.3) is 11.8 Å². The third-order valence-electron chi connectivity index (χ3n) is 3.53. The summed E-state index contributed by atoms with van der Waals surface area (Å²) in [7, 11) is 0. The molecule has 4 rings (SSSR count). The van der Waals surface area contributed by atoms with Gasteiger partial charge < -0.3 is 14.7 Å². The summed E-state index contributed by atoms with van der Waals surface area (Å²) in [5, 5.41) is 10.9. The van der Waals surface area contributed by atoms with Gasteiger partial charge in [-0.15, -0.1) is 10.2 Å². The smallest absolute Gasteiger partial charge is 0.284 e. The molecule has 1 aliphatic rings. The normalized spacial score (nSPS) is 14.3. The van der Waals surface area contributed by atoms with Crippen LogP contribution in [-0.2, 0) is 6.42 Å². The Kier molecular flexibility index (Phi) is 2.96. The molecule has 110 valence electrons. The maximum Gasteiger partial charge on any atom is 0.284 e. The van der Waals surface area contributed by atoms with Gasteiger partial charge in [0.1, 0.15) is 5.69 Å². The molecule has 0 radical (unpaired) electrons. The standard InChI is InChI=1S/C15H13N5O2/c21-13-11-10(7-4-8-16-13)17-12(18-11)15-20-19-14(22-15)9-5-2-1-3-6-9/h1-3,5-6H,4,7-8H2,(H,16,21)(H,17,18). The van der Waals surface area contributed by atoms with E-state index in [1.807, 2.05) is 30.3 Å². The number of carbonyl (C=O) groups is 1. The molecule has 0 saturated heterocycles. The summed E-state index contributed by atoms with van der Waals surface area (Å²) in [5.41, 5.74) is 2.06. The highest BCUT2D eigenvalue weighted by atomic mass is 16.4. The van der Waals surface area contributed by atoms with E-state index in [0.717, 1.165) is 24.1 Å². The molecular formula is C15H13N5O2. The van der Waals surface area contributed by atoms with Gasteiger partial charge in [-0.25, -0.2) is 4.98 Å². The van der Waals surface area contributed by atoms with E-state index in [0.29, 0.717) is 24.0 Å². The first-order valence-corrected chi connectivity index (χ1v) is 7.07. The molecule has 0 atom stereocenters. The van der Waals surface area contributed by atoms with Gasteiger partial charge >= 0.3 is 0 Å². The molecule has 3 heterocycles. The predicted octanol–water partition coefficient (Wildman–Crippen LogP) is 1.80. The van der Waals surface area contributed by atoms with E-state index in [4.69, 9.17) is 4.42 Å². The highest BCUT2D eigenvalue weighted by molar-refractivity contribution is 5.94. The van der Waals surface area contributed by atoms with Crippen molar-refractivity contribution in [1.29, 1.82) is 0 Å². The Balaban J connectivity index is 1.70. The Morgan fingerprint density at radius 2 is 1.91 bits per heavy atom. The molecule has 1 aliphatic heterocycles. The lowest BCUT2D eigenvalue weighted by Crippen LogP contribution is -2.23.